The van der Waals surface area contributed by atoms with Crippen molar-refractivity contribution in [3.63, 3.8) is 0 Å². The van der Waals surface area contributed by atoms with E-state index in [0.717, 1.165) is 0 Å². The predicted molar refractivity (Wildman–Crippen MR) is 144 cm³/mol. The van der Waals surface area contributed by atoms with Crippen LogP contribution in [0.25, 0.3) is 28.2 Å². The van der Waals surface area contributed by atoms with Gasteiger partial charge in [-0.1, -0.05) is 12.1 Å². The van der Waals surface area contributed by atoms with Crippen LogP contribution in [-0.2, 0) is 0 Å². The maximum absolute atomic E-state index is 15.0. The molecule has 2 N–H and O–H groups in total. The number of halogens is 1. The first-order chi connectivity index (χ1) is 19.6. The summed E-state index contributed by atoms with van der Waals surface area (Å²) in [6.45, 7) is 2.43. The number of pyridine rings is 3. The van der Waals surface area contributed by atoms with Crippen LogP contribution in [0, 0.1) is 5.82 Å². The highest BCUT2D eigenvalue weighted by atomic mass is 19.1. The fraction of sp³-hybridized carbons (Fsp3) is 0.241. The van der Waals surface area contributed by atoms with Crippen LogP contribution >= 0.6 is 0 Å². The molecule has 202 valence electrons. The molecule has 0 radical (unpaired) electrons. The Balaban J connectivity index is 1.24. The molecule has 0 aliphatic heterocycles. The Morgan fingerprint density at radius 3 is 2.73 bits per heavy atom. The number of nitrogens with zero attached hydrogens (tertiary/aromatic N) is 5. The first-order valence-corrected chi connectivity index (χ1v) is 13.0. The summed E-state index contributed by atoms with van der Waals surface area (Å²) in [6.07, 6.45) is 6.17. The van der Waals surface area contributed by atoms with Gasteiger partial charge >= 0.3 is 0 Å². The fourth-order valence-corrected chi connectivity index (χ4v) is 4.94. The number of hydrogen-bond donors (Lipinski definition) is 1. The Morgan fingerprint density at radius 1 is 1.12 bits per heavy atom. The van der Waals surface area contributed by atoms with E-state index in [9.17, 15) is 4.79 Å². The third-order valence-corrected chi connectivity index (χ3v) is 6.99. The van der Waals surface area contributed by atoms with Crippen LogP contribution in [0.2, 0.25) is 0 Å². The number of para-hydroxylation sites is 1. The lowest BCUT2D eigenvalue weighted by atomic mass is 9.79. The van der Waals surface area contributed by atoms with Crippen molar-refractivity contribution >= 4 is 16.9 Å². The summed E-state index contributed by atoms with van der Waals surface area (Å²) >= 11 is 0. The molecule has 1 saturated carbocycles. The Morgan fingerprint density at radius 2 is 1.98 bits per heavy atom. The van der Waals surface area contributed by atoms with E-state index in [-0.39, 0.29) is 17.9 Å². The molecule has 11 heteroatoms. The molecule has 10 nitrogen and oxygen atoms in total. The van der Waals surface area contributed by atoms with E-state index in [1.165, 1.54) is 6.07 Å². The van der Waals surface area contributed by atoms with E-state index in [1.807, 2.05) is 6.92 Å². The molecule has 0 bridgehead atoms. The molecule has 5 aromatic rings. The predicted octanol–water partition coefficient (Wildman–Crippen LogP) is 3.91. The highest BCUT2D eigenvalue weighted by Crippen LogP contribution is 2.39. The van der Waals surface area contributed by atoms with Crippen molar-refractivity contribution in [1.82, 2.24) is 30.0 Å². The van der Waals surface area contributed by atoms with Crippen LogP contribution in [0.1, 0.15) is 41.9 Å². The fourth-order valence-electron chi connectivity index (χ4n) is 4.94. The summed E-state index contributed by atoms with van der Waals surface area (Å²) in [5.74, 6) is 1.70. The second-order valence-corrected chi connectivity index (χ2v) is 9.48. The average molecular weight is 541 g/mol. The van der Waals surface area contributed by atoms with Crippen molar-refractivity contribution < 1.29 is 23.6 Å². The van der Waals surface area contributed by atoms with Gasteiger partial charge in [-0.15, -0.1) is 10.2 Å². The average Bonchev–Trinajstić information content (AvgIpc) is 3.39. The van der Waals surface area contributed by atoms with Gasteiger partial charge in [0.1, 0.15) is 34.2 Å². The van der Waals surface area contributed by atoms with Gasteiger partial charge in [0.2, 0.25) is 11.7 Å². The number of ether oxygens (including phenoxy) is 2. The van der Waals surface area contributed by atoms with Gasteiger partial charge in [0, 0.05) is 24.2 Å². The summed E-state index contributed by atoms with van der Waals surface area (Å²) in [5, 5.41) is 12.0. The normalized spacial score (nSPS) is 16.4. The molecule has 1 amide bonds. The summed E-state index contributed by atoms with van der Waals surface area (Å²) in [5.41, 5.74) is 2.65. The number of methoxy groups -OCH3 is 1. The van der Waals surface area contributed by atoms with Gasteiger partial charge in [0.15, 0.2) is 11.6 Å². The Labute approximate surface area is 229 Å². The van der Waals surface area contributed by atoms with Crippen LogP contribution in [0.4, 0.5) is 4.39 Å². The van der Waals surface area contributed by atoms with Gasteiger partial charge in [0.05, 0.1) is 25.6 Å². The number of amides is 1. The van der Waals surface area contributed by atoms with E-state index in [2.05, 4.69) is 30.5 Å². The second kappa shape index (κ2) is 10.7. The molecule has 0 unspecified atom stereocenters. The highest BCUT2D eigenvalue weighted by Gasteiger charge is 2.37. The van der Waals surface area contributed by atoms with Gasteiger partial charge < -0.3 is 14.8 Å². The number of H-pyrrole nitrogens is 1. The SMILES string of the molecule is CCOc1ccc(-c2nnc(C3CC(NC(=O)c4ccnc5cc(OC)c[nH+]c45)C3)n2-c2ccccc2F)nc1. The smallest absolute Gasteiger partial charge is 0.258 e. The first kappa shape index (κ1) is 25.4. The molecule has 1 aliphatic rings. The number of carbonyl (C=O) groups excluding carboxylic acids is 1. The third-order valence-electron chi connectivity index (χ3n) is 6.99. The number of hydrogen-bond acceptors (Lipinski definition) is 7. The Kier molecular flexibility index (Phi) is 6.77. The summed E-state index contributed by atoms with van der Waals surface area (Å²) < 4.78 is 27.5. The van der Waals surface area contributed by atoms with Crippen LogP contribution in [0.5, 0.6) is 11.5 Å². The molecule has 0 spiro atoms. The van der Waals surface area contributed by atoms with Crippen LogP contribution in [0.15, 0.2) is 67.1 Å². The highest BCUT2D eigenvalue weighted by molar-refractivity contribution is 6.03. The zero-order valence-electron chi connectivity index (χ0n) is 22.0. The Hall–Kier alpha value is -4.93. The minimum atomic E-state index is -0.391. The molecule has 1 fully saturated rings. The molecular weight excluding hydrogens is 513 g/mol. The first-order valence-electron chi connectivity index (χ1n) is 13.0. The van der Waals surface area contributed by atoms with Gasteiger partial charge in [-0.3, -0.25) is 9.36 Å². The van der Waals surface area contributed by atoms with Crippen molar-refractivity contribution in [2.24, 2.45) is 0 Å². The molecule has 0 atom stereocenters. The van der Waals surface area contributed by atoms with Gasteiger partial charge in [0.25, 0.3) is 5.91 Å². The van der Waals surface area contributed by atoms with E-state index >= 15 is 4.39 Å². The van der Waals surface area contributed by atoms with E-state index < -0.39 is 5.82 Å². The number of nitrogens with one attached hydrogen (secondary N) is 2. The molecule has 1 aliphatic carbocycles. The number of fused-ring (bicyclic) bond motifs is 1. The minimum Gasteiger partial charge on any atom is -0.492 e. The van der Waals surface area contributed by atoms with E-state index in [0.29, 0.717) is 70.6 Å². The summed E-state index contributed by atoms with van der Waals surface area (Å²) in [6, 6.07) is 13.5. The molecule has 1 aromatic carbocycles. The monoisotopic (exact) mass is 540 g/mol. The van der Waals surface area contributed by atoms with Crippen LogP contribution in [0.3, 0.4) is 0 Å². The lowest BCUT2D eigenvalue weighted by molar-refractivity contribution is -0.346. The molecule has 4 heterocycles. The number of aromatic amines is 1. The van der Waals surface area contributed by atoms with Gasteiger partial charge in [-0.25, -0.2) is 19.3 Å². The van der Waals surface area contributed by atoms with Crippen molar-refractivity contribution in [3.8, 4) is 28.7 Å². The second-order valence-electron chi connectivity index (χ2n) is 9.48. The molecule has 40 heavy (non-hydrogen) atoms. The van der Waals surface area contributed by atoms with E-state index in [4.69, 9.17) is 9.47 Å². The summed E-state index contributed by atoms with van der Waals surface area (Å²) in [4.78, 5) is 25.1. The molecular formula is C29H27FN7O3+. The molecule has 6 rings (SSSR count). The van der Waals surface area contributed by atoms with Gasteiger partial charge in [-0.05, 0) is 50.1 Å². The lowest BCUT2D eigenvalue weighted by Gasteiger charge is -2.35. The zero-order chi connectivity index (χ0) is 27.6. The maximum atomic E-state index is 15.0. The maximum Gasteiger partial charge on any atom is 0.258 e. The largest absolute Gasteiger partial charge is 0.492 e. The molecule has 4 aromatic heterocycles. The van der Waals surface area contributed by atoms with Crippen molar-refractivity contribution in [2.45, 2.75) is 31.7 Å². The van der Waals surface area contributed by atoms with Crippen molar-refractivity contribution in [2.75, 3.05) is 13.7 Å². The van der Waals surface area contributed by atoms with E-state index in [1.54, 1.807) is 72.7 Å². The lowest BCUT2D eigenvalue weighted by Crippen LogP contribution is -2.44. The zero-order valence-corrected chi connectivity index (χ0v) is 22.0. The summed E-state index contributed by atoms with van der Waals surface area (Å²) in [7, 11) is 1.57. The van der Waals surface area contributed by atoms with Crippen molar-refractivity contribution in [3.05, 3.63) is 84.3 Å². The minimum absolute atomic E-state index is 0.0288. The standard InChI is InChI=1S/C29H26FN7O3/c1-3-40-19-8-9-23(32-15-19)28-36-35-27(37(28)25-7-5-4-6-22(25)30)17-12-18(13-17)34-29(38)21-10-11-31-24-14-20(39-2)16-33-26(21)24/h4-11,14-18H,3,12-13H2,1-2H3,(H,34,38)/p+1. The number of aromatic nitrogens is 6. The van der Waals surface area contributed by atoms with Gasteiger partial charge in [-0.2, -0.15) is 0 Å². The topological polar surface area (TPSA) is 118 Å². The number of carbonyl (C=O) groups is 1. The quantitative estimate of drug-likeness (QED) is 0.317. The van der Waals surface area contributed by atoms with Crippen LogP contribution in [-0.4, -0.2) is 50.4 Å². The van der Waals surface area contributed by atoms with Crippen molar-refractivity contribution in [1.29, 1.82) is 0 Å². The van der Waals surface area contributed by atoms with Crippen LogP contribution < -0.4 is 19.8 Å². The molecule has 0 saturated heterocycles. The number of rotatable bonds is 8. The number of benzene rings is 1. The Bertz CT molecular complexity index is 1680. The third kappa shape index (κ3) is 4.70.